The van der Waals surface area contributed by atoms with Gasteiger partial charge in [0.1, 0.15) is 0 Å². The molecular weight excluding hydrogens is 314 g/mol. The van der Waals surface area contributed by atoms with Gasteiger partial charge in [-0.1, -0.05) is 32.0 Å². The normalized spacial score (nSPS) is 16.7. The molecule has 1 aliphatic heterocycles. The van der Waals surface area contributed by atoms with Gasteiger partial charge in [-0.2, -0.15) is 0 Å². The molecule has 0 radical (unpaired) electrons. The van der Waals surface area contributed by atoms with Crippen molar-refractivity contribution in [3.8, 4) is 0 Å². The van der Waals surface area contributed by atoms with Crippen molar-refractivity contribution in [1.82, 2.24) is 10.2 Å². The fourth-order valence-corrected chi connectivity index (χ4v) is 3.49. The van der Waals surface area contributed by atoms with Gasteiger partial charge in [0.15, 0.2) is 0 Å². The van der Waals surface area contributed by atoms with E-state index in [9.17, 15) is 9.90 Å². The van der Waals surface area contributed by atoms with Gasteiger partial charge in [-0.05, 0) is 49.7 Å². The first kappa shape index (κ1) is 19.6. The largest absolute Gasteiger partial charge is 0.396 e. The molecular formula is C20H33N3O2. The van der Waals surface area contributed by atoms with E-state index in [1.54, 1.807) is 0 Å². The summed E-state index contributed by atoms with van der Waals surface area (Å²) >= 11 is 0. The summed E-state index contributed by atoms with van der Waals surface area (Å²) in [5.41, 5.74) is 1.14. The first-order chi connectivity index (χ1) is 12.1. The maximum absolute atomic E-state index is 12.4. The maximum atomic E-state index is 12.4. The Labute approximate surface area is 151 Å². The molecule has 5 heteroatoms. The van der Waals surface area contributed by atoms with Crippen LogP contribution in [0.3, 0.4) is 0 Å². The van der Waals surface area contributed by atoms with Gasteiger partial charge in [-0.25, -0.2) is 4.79 Å². The van der Waals surface area contributed by atoms with Crippen LogP contribution in [0.5, 0.6) is 0 Å². The van der Waals surface area contributed by atoms with E-state index in [0.717, 1.165) is 44.5 Å². The Morgan fingerprint density at radius 1 is 1.24 bits per heavy atom. The molecule has 1 saturated heterocycles. The number of carbonyl (C=O) groups excluding carboxylic acids is 1. The number of anilines is 1. The number of aliphatic hydroxyl groups is 1. The molecule has 1 aromatic carbocycles. The lowest BCUT2D eigenvalue weighted by Gasteiger charge is -2.33. The molecule has 1 unspecified atom stereocenters. The van der Waals surface area contributed by atoms with Crippen LogP contribution >= 0.6 is 0 Å². The summed E-state index contributed by atoms with van der Waals surface area (Å²) in [5.74, 6) is 0.930. The Morgan fingerprint density at radius 3 is 2.52 bits per heavy atom. The summed E-state index contributed by atoms with van der Waals surface area (Å²) < 4.78 is 0. The average Bonchev–Trinajstić information content (AvgIpc) is 2.61. The topological polar surface area (TPSA) is 64.6 Å². The van der Waals surface area contributed by atoms with Crippen LogP contribution in [0.4, 0.5) is 10.5 Å². The Bertz CT molecular complexity index is 499. The van der Waals surface area contributed by atoms with Crippen molar-refractivity contribution in [3.05, 3.63) is 30.3 Å². The molecule has 25 heavy (non-hydrogen) atoms. The smallest absolute Gasteiger partial charge is 0.317 e. The Morgan fingerprint density at radius 2 is 1.92 bits per heavy atom. The molecule has 1 fully saturated rings. The second kappa shape index (κ2) is 10.3. The van der Waals surface area contributed by atoms with E-state index in [1.165, 1.54) is 0 Å². The molecule has 0 saturated carbocycles. The third-order valence-corrected chi connectivity index (χ3v) is 4.81. The van der Waals surface area contributed by atoms with Gasteiger partial charge in [0.05, 0.1) is 0 Å². The predicted octanol–water partition coefficient (Wildman–Crippen LogP) is 3.32. The number of likely N-dealkylation sites (tertiary alicyclic amines) is 1. The minimum atomic E-state index is 0.0323. The molecule has 2 amide bonds. The standard InChI is InChI=1S/C20H33N3O2/c1-16(2)14-17(10-13-24)15-21-20(25)23-11-8-19(9-12-23)22-18-6-4-3-5-7-18/h3-7,16-17,19,22,24H,8-15H2,1-2H3,(H,21,25). The first-order valence-corrected chi connectivity index (χ1v) is 9.53. The monoisotopic (exact) mass is 347 g/mol. The van der Waals surface area contributed by atoms with Crippen LogP contribution in [-0.4, -0.2) is 48.3 Å². The summed E-state index contributed by atoms with van der Waals surface area (Å²) in [4.78, 5) is 14.3. The van der Waals surface area contributed by atoms with E-state index in [4.69, 9.17) is 0 Å². The van der Waals surface area contributed by atoms with E-state index in [2.05, 4.69) is 36.6 Å². The number of nitrogens with one attached hydrogen (secondary N) is 2. The fourth-order valence-electron chi connectivity index (χ4n) is 3.49. The number of urea groups is 1. The van der Waals surface area contributed by atoms with Crippen molar-refractivity contribution in [3.63, 3.8) is 0 Å². The molecule has 2 rings (SSSR count). The molecule has 1 atom stereocenters. The number of piperidine rings is 1. The van der Waals surface area contributed by atoms with Crippen molar-refractivity contribution in [1.29, 1.82) is 0 Å². The zero-order valence-electron chi connectivity index (χ0n) is 15.6. The number of carbonyl (C=O) groups is 1. The van der Waals surface area contributed by atoms with Crippen LogP contribution in [0.2, 0.25) is 0 Å². The summed E-state index contributed by atoms with van der Waals surface area (Å²) in [6, 6.07) is 10.7. The molecule has 0 spiro atoms. The van der Waals surface area contributed by atoms with Gasteiger partial charge in [-0.3, -0.25) is 0 Å². The number of hydrogen-bond donors (Lipinski definition) is 3. The average molecular weight is 348 g/mol. The SMILES string of the molecule is CC(C)CC(CCO)CNC(=O)N1CCC(Nc2ccccc2)CC1. The number of hydrogen-bond acceptors (Lipinski definition) is 3. The Hall–Kier alpha value is -1.75. The molecule has 3 N–H and O–H groups in total. The third kappa shape index (κ3) is 6.94. The molecule has 0 aliphatic carbocycles. The van der Waals surface area contributed by atoms with Gasteiger partial charge in [0.2, 0.25) is 0 Å². The molecule has 1 heterocycles. The number of nitrogens with zero attached hydrogens (tertiary/aromatic N) is 1. The molecule has 1 aliphatic rings. The van der Waals surface area contributed by atoms with E-state index in [1.807, 2.05) is 23.1 Å². The highest BCUT2D eigenvalue weighted by Crippen LogP contribution is 2.17. The van der Waals surface area contributed by atoms with Crippen LogP contribution in [0.25, 0.3) is 0 Å². The van der Waals surface area contributed by atoms with E-state index in [-0.39, 0.29) is 12.6 Å². The van der Waals surface area contributed by atoms with Crippen LogP contribution in [0, 0.1) is 11.8 Å². The van der Waals surface area contributed by atoms with Gasteiger partial charge in [0.25, 0.3) is 0 Å². The Kier molecular flexibility index (Phi) is 8.06. The zero-order valence-corrected chi connectivity index (χ0v) is 15.6. The van der Waals surface area contributed by atoms with Crippen molar-refractivity contribution >= 4 is 11.7 Å². The number of amides is 2. The predicted molar refractivity (Wildman–Crippen MR) is 103 cm³/mol. The number of para-hydroxylation sites is 1. The number of rotatable bonds is 8. The molecule has 0 aromatic heterocycles. The van der Waals surface area contributed by atoms with Crippen molar-refractivity contribution in [2.75, 3.05) is 31.6 Å². The highest BCUT2D eigenvalue weighted by atomic mass is 16.3. The summed E-state index contributed by atoms with van der Waals surface area (Å²) in [5, 5.41) is 15.8. The minimum absolute atomic E-state index is 0.0323. The third-order valence-electron chi connectivity index (χ3n) is 4.81. The second-order valence-electron chi connectivity index (χ2n) is 7.47. The van der Waals surface area contributed by atoms with Crippen LogP contribution in [0.15, 0.2) is 30.3 Å². The first-order valence-electron chi connectivity index (χ1n) is 9.53. The number of benzene rings is 1. The van der Waals surface area contributed by atoms with Gasteiger partial charge >= 0.3 is 6.03 Å². The minimum Gasteiger partial charge on any atom is -0.396 e. The molecule has 140 valence electrons. The van der Waals surface area contributed by atoms with E-state index >= 15 is 0 Å². The lowest BCUT2D eigenvalue weighted by molar-refractivity contribution is 0.178. The quantitative estimate of drug-likeness (QED) is 0.676. The van der Waals surface area contributed by atoms with Crippen molar-refractivity contribution < 1.29 is 9.90 Å². The summed E-state index contributed by atoms with van der Waals surface area (Å²) in [6.07, 6.45) is 3.72. The lowest BCUT2D eigenvalue weighted by Crippen LogP contribution is -2.47. The molecule has 1 aromatic rings. The highest BCUT2D eigenvalue weighted by Gasteiger charge is 2.23. The van der Waals surface area contributed by atoms with Crippen LogP contribution < -0.4 is 10.6 Å². The van der Waals surface area contributed by atoms with Gasteiger partial charge in [-0.15, -0.1) is 0 Å². The zero-order chi connectivity index (χ0) is 18.1. The van der Waals surface area contributed by atoms with E-state index < -0.39 is 0 Å². The summed E-state index contributed by atoms with van der Waals surface area (Å²) in [7, 11) is 0. The lowest BCUT2D eigenvalue weighted by atomic mass is 9.94. The number of aliphatic hydroxyl groups excluding tert-OH is 1. The van der Waals surface area contributed by atoms with E-state index in [0.29, 0.717) is 24.4 Å². The highest BCUT2D eigenvalue weighted by molar-refractivity contribution is 5.74. The van der Waals surface area contributed by atoms with Crippen molar-refractivity contribution in [2.45, 2.75) is 45.6 Å². The summed E-state index contributed by atoms with van der Waals surface area (Å²) in [6.45, 7) is 6.76. The van der Waals surface area contributed by atoms with Crippen molar-refractivity contribution in [2.24, 2.45) is 11.8 Å². The molecule has 5 nitrogen and oxygen atoms in total. The van der Waals surface area contributed by atoms with Crippen LogP contribution in [0.1, 0.15) is 39.5 Å². The van der Waals surface area contributed by atoms with Gasteiger partial charge < -0.3 is 20.6 Å². The second-order valence-corrected chi connectivity index (χ2v) is 7.47. The maximum Gasteiger partial charge on any atom is 0.317 e. The van der Waals surface area contributed by atoms with Crippen LogP contribution in [-0.2, 0) is 0 Å². The van der Waals surface area contributed by atoms with Gasteiger partial charge in [0, 0.05) is 38.0 Å². The molecule has 0 bridgehead atoms. The fraction of sp³-hybridized carbons (Fsp3) is 0.650. The Balaban J connectivity index is 1.71.